The van der Waals surface area contributed by atoms with Gasteiger partial charge in [-0.25, -0.2) is 12.7 Å². The summed E-state index contributed by atoms with van der Waals surface area (Å²) in [5, 5.41) is 9.58. The SMILES string of the molecule is CC(C)C(C)(CO)CC1CCCN(S(C)(=O)=O)C1. The third kappa shape index (κ3) is 3.93. The van der Waals surface area contributed by atoms with Gasteiger partial charge >= 0.3 is 0 Å². The average molecular weight is 277 g/mol. The third-order valence-corrected chi connectivity index (χ3v) is 5.73. The highest BCUT2D eigenvalue weighted by Crippen LogP contribution is 2.36. The maximum absolute atomic E-state index is 11.6. The van der Waals surface area contributed by atoms with Crippen LogP contribution in [0.5, 0.6) is 0 Å². The fourth-order valence-electron chi connectivity index (χ4n) is 2.64. The van der Waals surface area contributed by atoms with Gasteiger partial charge in [-0.15, -0.1) is 0 Å². The maximum atomic E-state index is 11.6. The molecule has 18 heavy (non-hydrogen) atoms. The highest BCUT2D eigenvalue weighted by atomic mass is 32.2. The van der Waals surface area contributed by atoms with Crippen LogP contribution >= 0.6 is 0 Å². The van der Waals surface area contributed by atoms with Crippen molar-refractivity contribution in [3.63, 3.8) is 0 Å². The predicted octanol–water partition coefficient (Wildman–Crippen LogP) is 1.70. The lowest BCUT2D eigenvalue weighted by molar-refractivity contribution is 0.0563. The molecule has 1 heterocycles. The summed E-state index contributed by atoms with van der Waals surface area (Å²) in [4.78, 5) is 0. The first kappa shape index (κ1) is 15.9. The van der Waals surface area contributed by atoms with Gasteiger partial charge in [0.05, 0.1) is 6.26 Å². The summed E-state index contributed by atoms with van der Waals surface area (Å²) < 4.78 is 24.7. The Morgan fingerprint density at radius 3 is 2.50 bits per heavy atom. The molecule has 0 bridgehead atoms. The quantitative estimate of drug-likeness (QED) is 0.832. The van der Waals surface area contributed by atoms with E-state index in [4.69, 9.17) is 0 Å². The van der Waals surface area contributed by atoms with Crippen molar-refractivity contribution in [2.75, 3.05) is 26.0 Å². The highest BCUT2D eigenvalue weighted by molar-refractivity contribution is 7.88. The summed E-state index contributed by atoms with van der Waals surface area (Å²) in [5.41, 5.74) is -0.106. The minimum absolute atomic E-state index is 0.106. The van der Waals surface area contributed by atoms with Gasteiger partial charge in [-0.1, -0.05) is 20.8 Å². The van der Waals surface area contributed by atoms with Crippen LogP contribution in [0.15, 0.2) is 0 Å². The van der Waals surface area contributed by atoms with Crippen LogP contribution in [0.3, 0.4) is 0 Å². The second-order valence-electron chi connectivity index (χ2n) is 6.30. The first-order valence-corrected chi connectivity index (χ1v) is 8.60. The molecule has 1 aliphatic heterocycles. The molecule has 2 atom stereocenters. The molecule has 1 saturated heterocycles. The van der Waals surface area contributed by atoms with Gasteiger partial charge in [0.15, 0.2) is 0 Å². The Hall–Kier alpha value is -0.130. The molecule has 108 valence electrons. The Morgan fingerprint density at radius 2 is 2.06 bits per heavy atom. The summed E-state index contributed by atoms with van der Waals surface area (Å²) in [5.74, 6) is 0.768. The van der Waals surface area contributed by atoms with Gasteiger partial charge in [-0.2, -0.15) is 0 Å². The number of hydrogen-bond donors (Lipinski definition) is 1. The van der Waals surface area contributed by atoms with E-state index in [1.807, 2.05) is 0 Å². The Morgan fingerprint density at radius 1 is 1.44 bits per heavy atom. The minimum Gasteiger partial charge on any atom is -0.396 e. The van der Waals surface area contributed by atoms with Gasteiger partial charge in [0.2, 0.25) is 10.0 Å². The molecule has 0 spiro atoms. The van der Waals surface area contributed by atoms with Crippen LogP contribution < -0.4 is 0 Å². The molecule has 0 radical (unpaired) electrons. The predicted molar refractivity (Wildman–Crippen MR) is 73.8 cm³/mol. The molecular formula is C13H27NO3S. The minimum atomic E-state index is -3.07. The number of rotatable bonds is 5. The van der Waals surface area contributed by atoms with Crippen LogP contribution in [0, 0.1) is 17.3 Å². The van der Waals surface area contributed by atoms with E-state index in [0.717, 1.165) is 19.3 Å². The van der Waals surface area contributed by atoms with Gasteiger partial charge in [0, 0.05) is 19.7 Å². The topological polar surface area (TPSA) is 57.6 Å². The lowest BCUT2D eigenvalue weighted by Crippen LogP contribution is -2.42. The van der Waals surface area contributed by atoms with Crippen molar-refractivity contribution in [3.05, 3.63) is 0 Å². The first-order chi connectivity index (χ1) is 8.19. The molecule has 1 fully saturated rings. The van der Waals surface area contributed by atoms with Gasteiger partial charge in [0.25, 0.3) is 0 Å². The Bertz CT molecular complexity index is 366. The molecule has 1 rings (SSSR count). The summed E-state index contributed by atoms with van der Waals surface area (Å²) in [6, 6.07) is 0. The lowest BCUT2D eigenvalue weighted by atomic mass is 9.72. The zero-order valence-corrected chi connectivity index (χ0v) is 12.8. The zero-order valence-electron chi connectivity index (χ0n) is 12.0. The number of nitrogens with zero attached hydrogens (tertiary/aromatic N) is 1. The van der Waals surface area contributed by atoms with Crippen LogP contribution in [-0.2, 0) is 10.0 Å². The number of piperidine rings is 1. The average Bonchev–Trinajstić information content (AvgIpc) is 2.28. The van der Waals surface area contributed by atoms with Crippen molar-refractivity contribution >= 4 is 10.0 Å². The van der Waals surface area contributed by atoms with Crippen molar-refractivity contribution in [1.82, 2.24) is 4.31 Å². The highest BCUT2D eigenvalue weighted by Gasteiger charge is 2.34. The van der Waals surface area contributed by atoms with E-state index in [1.54, 1.807) is 4.31 Å². The summed E-state index contributed by atoms with van der Waals surface area (Å²) in [6.07, 6.45) is 4.17. The molecule has 4 nitrogen and oxygen atoms in total. The van der Waals surface area contributed by atoms with E-state index in [-0.39, 0.29) is 12.0 Å². The van der Waals surface area contributed by atoms with Gasteiger partial charge in [-0.05, 0) is 36.5 Å². The largest absolute Gasteiger partial charge is 0.396 e. The van der Waals surface area contributed by atoms with Gasteiger partial charge in [-0.3, -0.25) is 0 Å². The smallest absolute Gasteiger partial charge is 0.211 e. The first-order valence-electron chi connectivity index (χ1n) is 6.75. The molecule has 0 aromatic heterocycles. The monoisotopic (exact) mass is 277 g/mol. The van der Waals surface area contributed by atoms with Crippen molar-refractivity contribution in [2.24, 2.45) is 17.3 Å². The van der Waals surface area contributed by atoms with Crippen LogP contribution in [0.25, 0.3) is 0 Å². The van der Waals surface area contributed by atoms with Crippen LogP contribution in [-0.4, -0.2) is 43.8 Å². The zero-order chi connectivity index (χ0) is 14.0. The molecule has 1 N–H and O–H groups in total. The van der Waals surface area contributed by atoms with Crippen molar-refractivity contribution in [1.29, 1.82) is 0 Å². The van der Waals surface area contributed by atoms with Crippen LogP contribution in [0.2, 0.25) is 0 Å². The number of aliphatic hydroxyl groups excluding tert-OH is 1. The summed E-state index contributed by atoms with van der Waals surface area (Å²) in [6.45, 7) is 7.76. The van der Waals surface area contributed by atoms with Crippen LogP contribution in [0.1, 0.15) is 40.0 Å². The molecule has 0 aliphatic carbocycles. The van der Waals surface area contributed by atoms with E-state index in [2.05, 4.69) is 20.8 Å². The molecule has 0 amide bonds. The number of sulfonamides is 1. The maximum Gasteiger partial charge on any atom is 0.211 e. The Balaban J connectivity index is 2.68. The van der Waals surface area contributed by atoms with Crippen LogP contribution in [0.4, 0.5) is 0 Å². The van der Waals surface area contributed by atoms with Crippen molar-refractivity contribution in [3.8, 4) is 0 Å². The number of aliphatic hydroxyl groups is 1. The molecule has 0 saturated carbocycles. The Kier molecular flexibility index (Phi) is 5.21. The van der Waals surface area contributed by atoms with Crippen molar-refractivity contribution in [2.45, 2.75) is 40.0 Å². The van der Waals surface area contributed by atoms with E-state index in [1.165, 1.54) is 6.26 Å². The van der Waals surface area contributed by atoms with Gasteiger partial charge < -0.3 is 5.11 Å². The molecule has 0 aromatic rings. The third-order valence-electron chi connectivity index (χ3n) is 4.46. The van der Waals surface area contributed by atoms with Gasteiger partial charge in [0.1, 0.15) is 0 Å². The molecule has 5 heteroatoms. The van der Waals surface area contributed by atoms with E-state index >= 15 is 0 Å². The fourth-order valence-corrected chi connectivity index (χ4v) is 3.58. The second kappa shape index (κ2) is 5.88. The lowest BCUT2D eigenvalue weighted by Gasteiger charge is -2.39. The molecule has 2 unspecified atom stereocenters. The molecular weight excluding hydrogens is 250 g/mol. The number of hydrogen-bond acceptors (Lipinski definition) is 3. The second-order valence-corrected chi connectivity index (χ2v) is 8.28. The van der Waals surface area contributed by atoms with E-state index in [0.29, 0.717) is 24.9 Å². The Labute approximate surface area is 111 Å². The molecule has 1 aliphatic rings. The normalized spacial score (nSPS) is 26.2. The fraction of sp³-hybridized carbons (Fsp3) is 1.00. The summed E-state index contributed by atoms with van der Waals surface area (Å²) in [7, 11) is -3.07. The van der Waals surface area contributed by atoms with Crippen molar-refractivity contribution < 1.29 is 13.5 Å². The standard InChI is InChI=1S/C13H27NO3S/c1-11(2)13(3,10-15)8-12-6-5-7-14(9-12)18(4,16)17/h11-12,15H,5-10H2,1-4H3. The summed E-state index contributed by atoms with van der Waals surface area (Å²) >= 11 is 0. The molecule has 0 aromatic carbocycles. The van der Waals surface area contributed by atoms with E-state index < -0.39 is 10.0 Å². The van der Waals surface area contributed by atoms with E-state index in [9.17, 15) is 13.5 Å².